The summed E-state index contributed by atoms with van der Waals surface area (Å²) in [4.78, 5) is 24.3. The smallest absolute Gasteiger partial charge is 0.260 e. The highest BCUT2D eigenvalue weighted by Crippen LogP contribution is 2.31. The first kappa shape index (κ1) is 22.2. The standard InChI is InChI=1S/C26H30N4OS/c1-5-19-7-12-22-23(17-19)32-25(28-22)30(15-6-14-29-16-13-27-18-29)24(31)20-8-10-21(11-9-20)26(2,3)4/h7-13,16-18H,5-6,14-15H2,1-4H3. The largest absolute Gasteiger partial charge is 0.337 e. The Morgan fingerprint density at radius 1 is 1.12 bits per heavy atom. The van der Waals surface area contributed by atoms with Crippen molar-refractivity contribution in [1.82, 2.24) is 14.5 Å². The number of aromatic nitrogens is 3. The molecule has 0 saturated carbocycles. The Morgan fingerprint density at radius 3 is 2.56 bits per heavy atom. The van der Waals surface area contributed by atoms with Gasteiger partial charge in [-0.25, -0.2) is 9.97 Å². The minimum Gasteiger partial charge on any atom is -0.337 e. The van der Waals surface area contributed by atoms with Crippen LogP contribution in [0.1, 0.15) is 55.6 Å². The molecule has 0 aliphatic rings. The van der Waals surface area contributed by atoms with Gasteiger partial charge in [-0.3, -0.25) is 9.69 Å². The van der Waals surface area contributed by atoms with E-state index in [1.165, 1.54) is 11.1 Å². The number of carbonyl (C=O) groups excluding carboxylic acids is 1. The third kappa shape index (κ3) is 4.91. The molecule has 2 aromatic carbocycles. The van der Waals surface area contributed by atoms with Crippen LogP contribution in [0.4, 0.5) is 5.13 Å². The molecule has 5 nitrogen and oxygen atoms in total. The topological polar surface area (TPSA) is 51.0 Å². The van der Waals surface area contributed by atoms with Crippen LogP contribution in [0.5, 0.6) is 0 Å². The van der Waals surface area contributed by atoms with Crippen molar-refractivity contribution >= 4 is 32.6 Å². The fourth-order valence-corrected chi connectivity index (χ4v) is 4.73. The number of fused-ring (bicyclic) bond motifs is 1. The molecule has 4 aromatic rings. The fraction of sp³-hybridized carbons (Fsp3) is 0.346. The van der Waals surface area contributed by atoms with Gasteiger partial charge in [0.15, 0.2) is 5.13 Å². The van der Waals surface area contributed by atoms with E-state index < -0.39 is 0 Å². The summed E-state index contributed by atoms with van der Waals surface area (Å²) in [6, 6.07) is 14.3. The first-order valence-electron chi connectivity index (χ1n) is 11.1. The average molecular weight is 447 g/mol. The number of hydrogen-bond donors (Lipinski definition) is 0. The van der Waals surface area contributed by atoms with Gasteiger partial charge in [0.05, 0.1) is 16.5 Å². The number of rotatable bonds is 7. The van der Waals surface area contributed by atoms with Gasteiger partial charge in [-0.1, -0.05) is 57.2 Å². The Kier molecular flexibility index (Phi) is 6.42. The molecule has 0 unspecified atom stereocenters. The molecule has 32 heavy (non-hydrogen) atoms. The number of nitrogens with zero attached hydrogens (tertiary/aromatic N) is 4. The lowest BCUT2D eigenvalue weighted by molar-refractivity contribution is 0.0986. The molecular formula is C26H30N4OS. The van der Waals surface area contributed by atoms with Crippen LogP contribution in [-0.2, 0) is 18.4 Å². The molecule has 4 rings (SSSR count). The predicted molar refractivity (Wildman–Crippen MR) is 133 cm³/mol. The van der Waals surface area contributed by atoms with E-state index in [2.05, 4.69) is 63.0 Å². The van der Waals surface area contributed by atoms with Crippen LogP contribution in [0.25, 0.3) is 10.2 Å². The van der Waals surface area contributed by atoms with Gasteiger partial charge >= 0.3 is 0 Å². The van der Waals surface area contributed by atoms with Gasteiger partial charge in [0.2, 0.25) is 0 Å². The SMILES string of the molecule is CCc1ccc2nc(N(CCCn3ccnc3)C(=O)c3ccc(C(C)(C)C)cc3)sc2c1. The number of aryl methyl sites for hydroxylation is 2. The first-order valence-corrected chi connectivity index (χ1v) is 11.9. The van der Waals surface area contributed by atoms with Gasteiger partial charge in [-0.2, -0.15) is 0 Å². The maximum absolute atomic E-state index is 13.6. The van der Waals surface area contributed by atoms with E-state index in [0.29, 0.717) is 12.1 Å². The highest BCUT2D eigenvalue weighted by Gasteiger charge is 2.22. The van der Waals surface area contributed by atoms with Crippen molar-refractivity contribution in [3.8, 4) is 0 Å². The fourth-order valence-electron chi connectivity index (χ4n) is 3.68. The zero-order chi connectivity index (χ0) is 22.7. The third-order valence-corrected chi connectivity index (χ3v) is 6.72. The van der Waals surface area contributed by atoms with Crippen molar-refractivity contribution in [2.24, 2.45) is 0 Å². The zero-order valence-electron chi connectivity index (χ0n) is 19.2. The van der Waals surface area contributed by atoms with E-state index in [-0.39, 0.29) is 11.3 Å². The molecule has 2 heterocycles. The number of anilines is 1. The van der Waals surface area contributed by atoms with Crippen LogP contribution in [-0.4, -0.2) is 27.0 Å². The van der Waals surface area contributed by atoms with Crippen LogP contribution >= 0.6 is 11.3 Å². The molecule has 0 fully saturated rings. The summed E-state index contributed by atoms with van der Waals surface area (Å²) in [6.45, 7) is 10.1. The molecule has 0 radical (unpaired) electrons. The Hall–Kier alpha value is -2.99. The predicted octanol–water partition coefficient (Wildman–Crippen LogP) is 6.09. The number of hydrogen-bond acceptors (Lipinski definition) is 4. The van der Waals surface area contributed by atoms with Gasteiger partial charge < -0.3 is 4.57 Å². The summed E-state index contributed by atoms with van der Waals surface area (Å²) >= 11 is 1.59. The van der Waals surface area contributed by atoms with E-state index in [0.717, 1.165) is 34.7 Å². The molecule has 0 N–H and O–H groups in total. The Morgan fingerprint density at radius 2 is 1.91 bits per heavy atom. The second kappa shape index (κ2) is 9.25. The molecule has 0 spiro atoms. The number of amides is 1. The molecule has 6 heteroatoms. The minimum atomic E-state index is -0.00846. The minimum absolute atomic E-state index is 0.00846. The zero-order valence-corrected chi connectivity index (χ0v) is 20.0. The normalized spacial score (nSPS) is 11.8. The van der Waals surface area contributed by atoms with Crippen molar-refractivity contribution in [3.05, 3.63) is 77.9 Å². The number of thiazole rings is 1. The first-order chi connectivity index (χ1) is 15.3. The molecular weight excluding hydrogens is 416 g/mol. The maximum atomic E-state index is 13.6. The molecule has 0 bridgehead atoms. The summed E-state index contributed by atoms with van der Waals surface area (Å²) in [5, 5.41) is 0.754. The van der Waals surface area contributed by atoms with Crippen LogP contribution in [0.3, 0.4) is 0 Å². The van der Waals surface area contributed by atoms with Crippen molar-refractivity contribution in [3.63, 3.8) is 0 Å². The summed E-state index contributed by atoms with van der Waals surface area (Å²) < 4.78 is 3.15. The second-order valence-corrected chi connectivity index (χ2v) is 10.1. The van der Waals surface area contributed by atoms with E-state index in [1.54, 1.807) is 23.9 Å². The molecule has 0 atom stereocenters. The summed E-state index contributed by atoms with van der Waals surface area (Å²) in [6.07, 6.45) is 7.33. The summed E-state index contributed by atoms with van der Waals surface area (Å²) in [5.41, 5.74) is 4.18. The van der Waals surface area contributed by atoms with Gasteiger partial charge in [0, 0.05) is 31.0 Å². The van der Waals surface area contributed by atoms with Crippen LogP contribution in [0, 0.1) is 0 Å². The Bertz CT molecular complexity index is 1190. The quantitative estimate of drug-likeness (QED) is 0.345. The Labute approximate surface area is 193 Å². The van der Waals surface area contributed by atoms with E-state index in [4.69, 9.17) is 4.98 Å². The van der Waals surface area contributed by atoms with Crippen LogP contribution in [0.2, 0.25) is 0 Å². The van der Waals surface area contributed by atoms with E-state index in [9.17, 15) is 4.79 Å². The van der Waals surface area contributed by atoms with Crippen molar-refractivity contribution < 1.29 is 4.79 Å². The molecule has 2 aromatic heterocycles. The lowest BCUT2D eigenvalue weighted by Gasteiger charge is -2.22. The maximum Gasteiger partial charge on any atom is 0.260 e. The van der Waals surface area contributed by atoms with Gasteiger partial charge in [0.1, 0.15) is 0 Å². The van der Waals surface area contributed by atoms with Crippen LogP contribution in [0.15, 0.2) is 61.2 Å². The summed E-state index contributed by atoms with van der Waals surface area (Å²) in [5.74, 6) is -0.00846. The highest BCUT2D eigenvalue weighted by molar-refractivity contribution is 7.22. The average Bonchev–Trinajstić information content (AvgIpc) is 3.45. The van der Waals surface area contributed by atoms with Gasteiger partial charge in [0.25, 0.3) is 5.91 Å². The van der Waals surface area contributed by atoms with Crippen molar-refractivity contribution in [2.75, 3.05) is 11.4 Å². The van der Waals surface area contributed by atoms with Crippen molar-refractivity contribution in [2.45, 2.75) is 52.5 Å². The molecule has 0 aliphatic carbocycles. The summed E-state index contributed by atoms with van der Waals surface area (Å²) in [7, 11) is 0. The highest BCUT2D eigenvalue weighted by atomic mass is 32.1. The second-order valence-electron chi connectivity index (χ2n) is 9.09. The van der Waals surface area contributed by atoms with Gasteiger partial charge in [-0.15, -0.1) is 0 Å². The van der Waals surface area contributed by atoms with Crippen LogP contribution < -0.4 is 4.90 Å². The van der Waals surface area contributed by atoms with E-state index in [1.807, 2.05) is 27.8 Å². The van der Waals surface area contributed by atoms with Crippen molar-refractivity contribution in [1.29, 1.82) is 0 Å². The monoisotopic (exact) mass is 446 g/mol. The lowest BCUT2D eigenvalue weighted by Crippen LogP contribution is -2.32. The Balaban J connectivity index is 1.62. The molecule has 1 amide bonds. The third-order valence-electron chi connectivity index (χ3n) is 5.68. The molecule has 0 aliphatic heterocycles. The molecule has 0 saturated heterocycles. The van der Waals surface area contributed by atoms with Gasteiger partial charge in [-0.05, 0) is 53.6 Å². The van der Waals surface area contributed by atoms with E-state index >= 15 is 0 Å². The molecule has 166 valence electrons. The lowest BCUT2D eigenvalue weighted by atomic mass is 9.86. The number of carbonyl (C=O) groups is 1. The number of benzene rings is 2. The number of imidazole rings is 1.